The molecule has 1 N–H and O–H groups in total. The van der Waals surface area contributed by atoms with Crippen molar-refractivity contribution in [2.75, 3.05) is 13.7 Å². The molecule has 0 atom stereocenters. The first kappa shape index (κ1) is 15.6. The van der Waals surface area contributed by atoms with Gasteiger partial charge in [0.1, 0.15) is 11.6 Å². The van der Waals surface area contributed by atoms with Crippen molar-refractivity contribution in [3.8, 4) is 5.75 Å². The topological polar surface area (TPSA) is 47.3 Å². The van der Waals surface area contributed by atoms with Crippen LogP contribution in [0.25, 0.3) is 11.0 Å². The zero-order valence-corrected chi connectivity index (χ0v) is 13.4. The SMILES string of the molecule is COc1ccc(Cc2nc3ccccc3n2CCCCO)cc1. The van der Waals surface area contributed by atoms with Gasteiger partial charge in [0, 0.05) is 19.6 Å². The number of unbranched alkanes of at least 4 members (excludes halogenated alkanes) is 1. The van der Waals surface area contributed by atoms with Gasteiger partial charge in [-0.2, -0.15) is 0 Å². The van der Waals surface area contributed by atoms with Crippen molar-refractivity contribution in [3.05, 3.63) is 59.9 Å². The minimum atomic E-state index is 0.237. The van der Waals surface area contributed by atoms with Crippen molar-refractivity contribution in [3.63, 3.8) is 0 Å². The summed E-state index contributed by atoms with van der Waals surface area (Å²) in [5, 5.41) is 9.03. The molecule has 0 unspecified atom stereocenters. The third-order valence-electron chi connectivity index (χ3n) is 4.04. The highest BCUT2D eigenvalue weighted by atomic mass is 16.5. The third kappa shape index (κ3) is 3.54. The highest BCUT2D eigenvalue weighted by Crippen LogP contribution is 2.20. The minimum Gasteiger partial charge on any atom is -0.497 e. The molecule has 0 bridgehead atoms. The van der Waals surface area contributed by atoms with E-state index in [4.69, 9.17) is 14.8 Å². The van der Waals surface area contributed by atoms with Crippen LogP contribution in [-0.2, 0) is 13.0 Å². The lowest BCUT2D eigenvalue weighted by atomic mass is 10.1. The average Bonchev–Trinajstić information content (AvgIpc) is 2.93. The van der Waals surface area contributed by atoms with Crippen molar-refractivity contribution in [1.29, 1.82) is 0 Å². The molecule has 0 aliphatic rings. The van der Waals surface area contributed by atoms with Crippen molar-refractivity contribution in [2.24, 2.45) is 0 Å². The Balaban J connectivity index is 1.89. The van der Waals surface area contributed by atoms with Gasteiger partial charge in [-0.15, -0.1) is 0 Å². The molecule has 0 fully saturated rings. The fourth-order valence-corrected chi connectivity index (χ4v) is 2.82. The van der Waals surface area contributed by atoms with Gasteiger partial charge >= 0.3 is 0 Å². The summed E-state index contributed by atoms with van der Waals surface area (Å²) in [6.45, 7) is 1.12. The van der Waals surface area contributed by atoms with Crippen LogP contribution in [0.2, 0.25) is 0 Å². The third-order valence-corrected chi connectivity index (χ3v) is 4.04. The Kier molecular flexibility index (Phi) is 4.93. The van der Waals surface area contributed by atoms with E-state index in [2.05, 4.69) is 28.8 Å². The van der Waals surface area contributed by atoms with Crippen LogP contribution in [-0.4, -0.2) is 28.4 Å². The second kappa shape index (κ2) is 7.29. The van der Waals surface area contributed by atoms with Crippen LogP contribution < -0.4 is 4.74 Å². The largest absolute Gasteiger partial charge is 0.497 e. The molecule has 1 heterocycles. The Morgan fingerprint density at radius 3 is 2.57 bits per heavy atom. The number of methoxy groups -OCH3 is 1. The molecule has 3 aromatic rings. The molecule has 0 radical (unpaired) electrons. The molecule has 0 saturated heterocycles. The van der Waals surface area contributed by atoms with Gasteiger partial charge in [0.2, 0.25) is 0 Å². The van der Waals surface area contributed by atoms with E-state index in [1.165, 1.54) is 5.56 Å². The molecule has 0 aliphatic heterocycles. The lowest BCUT2D eigenvalue weighted by molar-refractivity contribution is 0.281. The molecule has 23 heavy (non-hydrogen) atoms. The first-order chi connectivity index (χ1) is 11.3. The van der Waals surface area contributed by atoms with Gasteiger partial charge in [-0.3, -0.25) is 0 Å². The zero-order chi connectivity index (χ0) is 16.1. The Hall–Kier alpha value is -2.33. The number of hydrogen-bond acceptors (Lipinski definition) is 3. The van der Waals surface area contributed by atoms with E-state index in [0.717, 1.165) is 48.4 Å². The van der Waals surface area contributed by atoms with Crippen LogP contribution in [0.15, 0.2) is 48.5 Å². The number of nitrogens with zero attached hydrogens (tertiary/aromatic N) is 2. The molecular weight excluding hydrogens is 288 g/mol. The number of aryl methyl sites for hydroxylation is 1. The summed E-state index contributed by atoms with van der Waals surface area (Å²) in [5.41, 5.74) is 3.40. The highest BCUT2D eigenvalue weighted by molar-refractivity contribution is 5.76. The quantitative estimate of drug-likeness (QED) is 0.680. The van der Waals surface area contributed by atoms with Gasteiger partial charge in [-0.1, -0.05) is 24.3 Å². The fourth-order valence-electron chi connectivity index (χ4n) is 2.82. The Morgan fingerprint density at radius 2 is 1.83 bits per heavy atom. The number of aliphatic hydroxyl groups excluding tert-OH is 1. The molecule has 1 aromatic heterocycles. The summed E-state index contributed by atoms with van der Waals surface area (Å²) in [6, 6.07) is 16.3. The van der Waals surface area contributed by atoms with Gasteiger partial charge in [-0.05, 0) is 42.7 Å². The van der Waals surface area contributed by atoms with E-state index in [1.807, 2.05) is 24.3 Å². The number of aromatic nitrogens is 2. The molecule has 0 aliphatic carbocycles. The number of para-hydroxylation sites is 2. The summed E-state index contributed by atoms with van der Waals surface area (Å²) in [6.07, 6.45) is 2.55. The lowest BCUT2D eigenvalue weighted by Gasteiger charge is -2.09. The molecule has 4 heteroatoms. The van der Waals surface area contributed by atoms with E-state index >= 15 is 0 Å². The summed E-state index contributed by atoms with van der Waals surface area (Å²) in [7, 11) is 1.68. The predicted octanol–water partition coefficient (Wildman–Crippen LogP) is 3.41. The van der Waals surface area contributed by atoms with Crippen LogP contribution in [0.4, 0.5) is 0 Å². The number of imidazole rings is 1. The van der Waals surface area contributed by atoms with Crippen molar-refractivity contribution in [2.45, 2.75) is 25.8 Å². The predicted molar refractivity (Wildman–Crippen MR) is 91.9 cm³/mol. The number of aliphatic hydroxyl groups is 1. The smallest absolute Gasteiger partial charge is 0.118 e. The van der Waals surface area contributed by atoms with Crippen molar-refractivity contribution >= 4 is 11.0 Å². The number of fused-ring (bicyclic) bond motifs is 1. The van der Waals surface area contributed by atoms with E-state index in [9.17, 15) is 0 Å². The molecule has 120 valence electrons. The summed E-state index contributed by atoms with van der Waals surface area (Å²) < 4.78 is 7.49. The van der Waals surface area contributed by atoms with Gasteiger partial charge < -0.3 is 14.4 Å². The van der Waals surface area contributed by atoms with E-state index < -0.39 is 0 Å². The highest BCUT2D eigenvalue weighted by Gasteiger charge is 2.10. The Morgan fingerprint density at radius 1 is 1.04 bits per heavy atom. The van der Waals surface area contributed by atoms with E-state index in [-0.39, 0.29) is 6.61 Å². The Labute approximate surface area is 136 Å². The molecule has 0 saturated carbocycles. The molecule has 3 rings (SSSR count). The van der Waals surface area contributed by atoms with Gasteiger partial charge in [0.25, 0.3) is 0 Å². The minimum absolute atomic E-state index is 0.237. The maximum atomic E-state index is 9.03. The standard InChI is InChI=1S/C19H22N2O2/c1-23-16-10-8-15(9-11-16)14-19-20-17-6-2-3-7-18(17)21(19)12-4-5-13-22/h2-3,6-11,22H,4-5,12-14H2,1H3. The first-order valence-corrected chi connectivity index (χ1v) is 8.00. The Bertz CT molecular complexity index is 763. The molecule has 0 amide bonds. The number of hydrogen-bond donors (Lipinski definition) is 1. The van der Waals surface area contributed by atoms with Gasteiger partial charge in [0.15, 0.2) is 0 Å². The van der Waals surface area contributed by atoms with Crippen LogP contribution in [0.5, 0.6) is 5.75 Å². The van der Waals surface area contributed by atoms with Crippen LogP contribution in [0.3, 0.4) is 0 Å². The number of benzene rings is 2. The maximum absolute atomic E-state index is 9.03. The van der Waals surface area contributed by atoms with Gasteiger partial charge in [-0.25, -0.2) is 4.98 Å². The summed E-state index contributed by atoms with van der Waals surface area (Å²) in [5.74, 6) is 1.93. The van der Waals surface area contributed by atoms with Crippen LogP contribution in [0.1, 0.15) is 24.2 Å². The molecule has 0 spiro atoms. The van der Waals surface area contributed by atoms with Crippen LogP contribution >= 0.6 is 0 Å². The second-order valence-electron chi connectivity index (χ2n) is 5.62. The molecular formula is C19H22N2O2. The molecule has 2 aromatic carbocycles. The average molecular weight is 310 g/mol. The second-order valence-corrected chi connectivity index (χ2v) is 5.62. The van der Waals surface area contributed by atoms with Crippen LogP contribution in [0, 0.1) is 0 Å². The van der Waals surface area contributed by atoms with Crippen molar-refractivity contribution < 1.29 is 9.84 Å². The maximum Gasteiger partial charge on any atom is 0.118 e. The van der Waals surface area contributed by atoms with Crippen molar-refractivity contribution in [1.82, 2.24) is 9.55 Å². The monoisotopic (exact) mass is 310 g/mol. The molecule has 4 nitrogen and oxygen atoms in total. The van der Waals surface area contributed by atoms with E-state index in [0.29, 0.717) is 0 Å². The summed E-state index contributed by atoms with van der Waals surface area (Å²) >= 11 is 0. The normalized spacial score (nSPS) is 11.0. The fraction of sp³-hybridized carbons (Fsp3) is 0.316. The van der Waals surface area contributed by atoms with Gasteiger partial charge in [0.05, 0.1) is 18.1 Å². The summed E-state index contributed by atoms with van der Waals surface area (Å²) in [4.78, 5) is 4.80. The number of ether oxygens (including phenoxy) is 1. The lowest BCUT2D eigenvalue weighted by Crippen LogP contribution is -2.05. The zero-order valence-electron chi connectivity index (χ0n) is 13.4. The number of rotatable bonds is 7. The first-order valence-electron chi connectivity index (χ1n) is 8.00. The van der Waals surface area contributed by atoms with E-state index in [1.54, 1.807) is 7.11 Å².